The number of nitrogens with one attached hydrogen (secondary N) is 4. The number of benzene rings is 2. The van der Waals surface area contributed by atoms with E-state index in [1.165, 1.54) is 35.1 Å². The highest BCUT2D eigenvalue weighted by Crippen LogP contribution is 2.20. The fourth-order valence-corrected chi connectivity index (χ4v) is 5.89. The van der Waals surface area contributed by atoms with Crippen LogP contribution >= 0.6 is 0 Å². The van der Waals surface area contributed by atoms with Crippen molar-refractivity contribution in [2.45, 2.75) is 38.5 Å². The van der Waals surface area contributed by atoms with E-state index in [0.29, 0.717) is 62.1 Å². The Morgan fingerprint density at radius 3 is 2.38 bits per heavy atom. The number of ether oxygens (including phenoxy) is 4. The van der Waals surface area contributed by atoms with E-state index in [4.69, 9.17) is 29.1 Å². The maximum atomic E-state index is 12.8. The van der Waals surface area contributed by atoms with Crippen molar-refractivity contribution in [3.05, 3.63) is 98.6 Å². The molecule has 0 bridgehead atoms. The number of anilines is 2. The Morgan fingerprint density at radius 2 is 1.63 bits per heavy atom. The third-order valence-electron chi connectivity index (χ3n) is 9.04. The van der Waals surface area contributed by atoms with Gasteiger partial charge in [-0.3, -0.25) is 19.4 Å². The molecular weight excluding hydrogens is 827 g/mol. The topological polar surface area (TPSA) is 323 Å². The van der Waals surface area contributed by atoms with E-state index in [1.807, 2.05) is 0 Å². The summed E-state index contributed by atoms with van der Waals surface area (Å²) in [5.74, 6) is -1.99. The molecule has 2 amide bonds. The zero-order valence-electron chi connectivity index (χ0n) is 33.8. The molecule has 6 aromatic rings. The van der Waals surface area contributed by atoms with Gasteiger partial charge in [0.05, 0.1) is 82.9 Å². The van der Waals surface area contributed by atoms with Crippen LogP contribution in [0.4, 0.5) is 11.6 Å². The molecule has 0 saturated carbocycles. The van der Waals surface area contributed by atoms with E-state index in [1.54, 1.807) is 30.5 Å². The average Bonchev–Trinajstić information content (AvgIpc) is 3.75. The van der Waals surface area contributed by atoms with Crippen LogP contribution in [0.3, 0.4) is 0 Å². The smallest absolute Gasteiger partial charge is 0.345 e. The Hall–Kier alpha value is -7.34. The van der Waals surface area contributed by atoms with E-state index in [9.17, 15) is 34.2 Å². The van der Waals surface area contributed by atoms with Crippen molar-refractivity contribution in [3.8, 4) is 11.6 Å². The number of rotatable bonds is 25. The number of carbonyl (C=O) groups is 3. The summed E-state index contributed by atoms with van der Waals surface area (Å²) >= 11 is 0. The van der Waals surface area contributed by atoms with Gasteiger partial charge in [0.2, 0.25) is 17.7 Å². The largest absolute Gasteiger partial charge is 0.508 e. The molecule has 0 aliphatic carbocycles. The number of phenolic OH excluding ortho intramolecular Hbond substituents is 1. The molecule has 23 heteroatoms. The van der Waals surface area contributed by atoms with E-state index in [2.05, 4.69) is 46.2 Å². The maximum Gasteiger partial charge on any atom is 0.345 e. The van der Waals surface area contributed by atoms with Crippen LogP contribution in [0.5, 0.6) is 5.75 Å². The second-order valence-electron chi connectivity index (χ2n) is 13.7. The molecule has 1 atom stereocenters. The van der Waals surface area contributed by atoms with Crippen molar-refractivity contribution in [1.82, 2.24) is 45.6 Å². The zero-order chi connectivity index (χ0) is 44.6. The minimum absolute atomic E-state index is 0.0340. The van der Waals surface area contributed by atoms with Gasteiger partial charge in [0, 0.05) is 30.3 Å². The molecule has 0 aliphatic heterocycles. The standard InChI is InChI=1S/C40H45N11O12/c41-40-47-35-34(37(55)48-40)45-27(21-44-35)20-43-26-7-4-24(5-8-26)36(54)46-31(38(56)57)2-1-3-32(53)42-10-11-59-12-13-60-14-15-61-16-17-62-23-28-22-51(50-49-28)33-18-25-6-9-29(52)19-30(25)39(58)63-33/h4-9,18-19,21-22,31,43,52H,1-3,10-17,20,23H2,(H,42,53)(H,46,54)(H,56,57)(H3,41,44,47,48,55). The molecule has 63 heavy (non-hydrogen) atoms. The number of carbonyl (C=O) groups excluding carboxylic acids is 2. The molecule has 0 radical (unpaired) electrons. The van der Waals surface area contributed by atoms with Crippen molar-refractivity contribution in [3.63, 3.8) is 0 Å². The molecule has 8 N–H and O–H groups in total. The van der Waals surface area contributed by atoms with Gasteiger partial charge in [-0.1, -0.05) is 11.3 Å². The highest BCUT2D eigenvalue weighted by atomic mass is 16.6. The molecule has 2 aromatic carbocycles. The number of H-pyrrole nitrogens is 1. The Kier molecular flexibility index (Phi) is 16.1. The third-order valence-corrected chi connectivity index (χ3v) is 9.04. The number of phenols is 1. The zero-order valence-corrected chi connectivity index (χ0v) is 33.8. The predicted molar refractivity (Wildman–Crippen MR) is 223 cm³/mol. The SMILES string of the molecule is Nc1nc2ncc(CNc3ccc(C(=O)NC(CCCC(=O)NCCOCCOCCOCCOCc4cn(-c5cc6ccc(O)cc6c(=O)o5)nn4)C(=O)O)cc3)nc2c(=O)[nH]1. The van der Waals surface area contributed by atoms with Crippen molar-refractivity contribution < 1.29 is 48.0 Å². The second-order valence-corrected chi connectivity index (χ2v) is 13.7. The molecule has 6 rings (SSSR count). The lowest BCUT2D eigenvalue weighted by molar-refractivity contribution is -0.139. The minimum Gasteiger partial charge on any atom is -0.508 e. The number of hydrogen-bond acceptors (Lipinski definition) is 18. The van der Waals surface area contributed by atoms with Crippen molar-refractivity contribution in [2.75, 3.05) is 63.8 Å². The summed E-state index contributed by atoms with van der Waals surface area (Å²) < 4.78 is 28.7. The molecular formula is C40H45N11O12. The second kappa shape index (κ2) is 22.5. The fraction of sp³-hybridized carbons (Fsp3) is 0.350. The van der Waals surface area contributed by atoms with Crippen LogP contribution in [-0.4, -0.2) is 122 Å². The number of hydrogen-bond donors (Lipinski definition) is 7. The van der Waals surface area contributed by atoms with Gasteiger partial charge >= 0.3 is 11.6 Å². The van der Waals surface area contributed by atoms with Gasteiger partial charge in [0.25, 0.3) is 11.5 Å². The van der Waals surface area contributed by atoms with Crippen molar-refractivity contribution in [1.29, 1.82) is 0 Å². The first kappa shape index (κ1) is 45.2. The lowest BCUT2D eigenvalue weighted by Gasteiger charge is -2.15. The number of nitrogen functional groups attached to an aromatic ring is 1. The molecule has 1 unspecified atom stereocenters. The summed E-state index contributed by atoms with van der Waals surface area (Å²) in [6.45, 7) is 2.86. The van der Waals surface area contributed by atoms with E-state index in [0.717, 1.165) is 0 Å². The van der Waals surface area contributed by atoms with Crippen LogP contribution in [0, 0.1) is 0 Å². The van der Waals surface area contributed by atoms with Gasteiger partial charge in [0.1, 0.15) is 17.5 Å². The Labute approximate surface area is 356 Å². The van der Waals surface area contributed by atoms with Crippen LogP contribution in [0.25, 0.3) is 27.8 Å². The molecule has 0 aliphatic rings. The van der Waals surface area contributed by atoms with Crippen molar-refractivity contribution >= 4 is 51.4 Å². The number of fused-ring (bicyclic) bond motifs is 2. The predicted octanol–water partition coefficient (Wildman–Crippen LogP) is 1.04. The number of aromatic nitrogens is 7. The van der Waals surface area contributed by atoms with Gasteiger partial charge in [-0.25, -0.2) is 19.6 Å². The molecule has 4 heterocycles. The van der Waals surface area contributed by atoms with Crippen LogP contribution in [0.15, 0.2) is 74.9 Å². The van der Waals surface area contributed by atoms with Gasteiger partial charge < -0.3 is 55.3 Å². The van der Waals surface area contributed by atoms with E-state index in [-0.39, 0.29) is 91.2 Å². The summed E-state index contributed by atoms with van der Waals surface area (Å²) in [5.41, 5.74) is 6.47. The van der Waals surface area contributed by atoms with E-state index < -0.39 is 29.1 Å². The monoisotopic (exact) mass is 871 g/mol. The summed E-state index contributed by atoms with van der Waals surface area (Å²) in [4.78, 5) is 76.0. The number of carboxylic acid groups (broad SMARTS) is 1. The first-order valence-corrected chi connectivity index (χ1v) is 19.7. The molecule has 332 valence electrons. The van der Waals surface area contributed by atoms with E-state index >= 15 is 0 Å². The Bertz CT molecular complexity index is 2620. The number of nitrogens with two attached hydrogens (primary N) is 1. The molecule has 0 fully saturated rings. The first-order valence-electron chi connectivity index (χ1n) is 19.7. The number of carboxylic acids is 1. The number of amides is 2. The molecule has 23 nitrogen and oxygen atoms in total. The van der Waals surface area contributed by atoms with Crippen molar-refractivity contribution in [2.24, 2.45) is 0 Å². The molecule has 0 spiro atoms. The molecule has 0 saturated heterocycles. The summed E-state index contributed by atoms with van der Waals surface area (Å²) in [6.07, 6.45) is 3.39. The number of aliphatic carboxylic acids is 1. The van der Waals surface area contributed by atoms with Crippen LogP contribution in [0.1, 0.15) is 41.0 Å². The highest BCUT2D eigenvalue weighted by molar-refractivity contribution is 5.96. The van der Waals surface area contributed by atoms with Crippen LogP contribution in [0.2, 0.25) is 0 Å². The third kappa shape index (κ3) is 13.6. The summed E-state index contributed by atoms with van der Waals surface area (Å²) in [5, 5.41) is 36.5. The number of aromatic amines is 1. The normalized spacial score (nSPS) is 11.7. The highest BCUT2D eigenvalue weighted by Gasteiger charge is 2.21. The van der Waals surface area contributed by atoms with Crippen LogP contribution < -0.4 is 32.9 Å². The lowest BCUT2D eigenvalue weighted by atomic mass is 10.1. The molecule has 4 aromatic heterocycles. The first-order chi connectivity index (χ1) is 30.5. The van der Waals surface area contributed by atoms with Gasteiger partial charge in [0.15, 0.2) is 11.2 Å². The number of aromatic hydroxyl groups is 1. The Balaban J connectivity index is 0.751. The van der Waals surface area contributed by atoms with Gasteiger partial charge in [-0.2, -0.15) is 9.67 Å². The quantitative estimate of drug-likeness (QED) is 0.0395. The average molecular weight is 872 g/mol. The fourth-order valence-electron chi connectivity index (χ4n) is 5.89. The van der Waals surface area contributed by atoms with Gasteiger partial charge in [-0.05, 0) is 54.6 Å². The summed E-state index contributed by atoms with van der Waals surface area (Å²) in [6, 6.07) is 11.2. The van der Waals surface area contributed by atoms with Gasteiger partial charge in [-0.15, -0.1) is 5.10 Å². The lowest BCUT2D eigenvalue weighted by Crippen LogP contribution is -2.41. The Morgan fingerprint density at radius 1 is 0.905 bits per heavy atom. The summed E-state index contributed by atoms with van der Waals surface area (Å²) in [7, 11) is 0. The maximum absolute atomic E-state index is 12.8. The minimum atomic E-state index is -1.22. The van der Waals surface area contributed by atoms with Crippen LogP contribution in [-0.2, 0) is 41.7 Å². The number of nitrogens with zero attached hydrogens (tertiary/aromatic N) is 6.